The molecular formula is C44H55N5O5. The van der Waals surface area contributed by atoms with Crippen molar-refractivity contribution in [2.45, 2.75) is 93.4 Å². The quantitative estimate of drug-likeness (QED) is 0.0442. The van der Waals surface area contributed by atoms with E-state index in [0.29, 0.717) is 28.9 Å². The number of aromatic nitrogens is 3. The number of carbonyl (C=O) groups is 3. The van der Waals surface area contributed by atoms with E-state index in [1.807, 2.05) is 19.1 Å². The molecule has 286 valence electrons. The molecule has 0 amide bonds. The monoisotopic (exact) mass is 733 g/mol. The maximum Gasteiger partial charge on any atom is 0.322 e. The van der Waals surface area contributed by atoms with Gasteiger partial charge < -0.3 is 29.7 Å². The lowest BCUT2D eigenvalue weighted by atomic mass is 9.85. The first kappa shape index (κ1) is 38.6. The highest BCUT2D eigenvalue weighted by atomic mass is 16.5. The fourth-order valence-corrected chi connectivity index (χ4v) is 8.42. The minimum absolute atomic E-state index is 0.105. The van der Waals surface area contributed by atoms with Crippen molar-refractivity contribution in [3.05, 3.63) is 96.5 Å². The number of nitrogens with two attached hydrogens (primary N) is 1. The number of unbranched alkanes of at least 4 members (excludes halogenated alkanes) is 2. The Morgan fingerprint density at radius 2 is 1.67 bits per heavy atom. The second kappa shape index (κ2) is 16.1. The number of allylic oxidation sites excluding steroid dienone is 3. The maximum atomic E-state index is 14.4. The summed E-state index contributed by atoms with van der Waals surface area (Å²) in [6.45, 7) is 18.6. The Morgan fingerprint density at radius 3 is 2.37 bits per heavy atom. The van der Waals surface area contributed by atoms with Crippen LogP contribution in [-0.2, 0) is 25.5 Å². The number of rotatable bonds is 13. The average molecular weight is 734 g/mol. The van der Waals surface area contributed by atoms with E-state index in [4.69, 9.17) is 15.2 Å². The van der Waals surface area contributed by atoms with Crippen molar-refractivity contribution < 1.29 is 23.9 Å². The number of fused-ring (bicyclic) bond motifs is 7. The first-order valence-corrected chi connectivity index (χ1v) is 19.4. The van der Waals surface area contributed by atoms with Crippen molar-refractivity contribution in [3.8, 4) is 0 Å². The summed E-state index contributed by atoms with van der Waals surface area (Å²) in [5, 5.41) is 5.59. The summed E-state index contributed by atoms with van der Waals surface area (Å²) in [6.07, 6.45) is 16.0. The van der Waals surface area contributed by atoms with E-state index in [1.165, 1.54) is 17.6 Å². The van der Waals surface area contributed by atoms with Crippen LogP contribution in [0.4, 0.5) is 0 Å². The number of hydrogen-bond acceptors (Lipinski definition) is 7. The van der Waals surface area contributed by atoms with Crippen molar-refractivity contribution in [2.75, 3.05) is 13.3 Å². The van der Waals surface area contributed by atoms with Crippen LogP contribution in [0.3, 0.4) is 0 Å². The number of aromatic amines is 3. The standard InChI is InChI=1S/C44H55N5O5/c1-9-12-13-14-23(4)17-18-53-37(50)16-15-30-26(7)33-19-31-24(5)28(10-2)35(46-31)20-32-25(6)29(11-3)36(47-32)21-34-27(8)38-42(49-34)39(41(30)48-33)40(43(38)51)44(52)54-22-45/h10,17,19-21,26,30,40,46-49H,2,9,11-16,18,22,45H2,1,3-8H3/b23-17+,32-20-,33-19-,36-21-,41-39-/t26-,30-,40+/m0/s1. The number of H-pyrrole nitrogens is 3. The van der Waals surface area contributed by atoms with Gasteiger partial charge >= 0.3 is 11.9 Å². The van der Waals surface area contributed by atoms with Crippen molar-refractivity contribution in [2.24, 2.45) is 23.5 Å². The molecule has 6 N–H and O–H groups in total. The Balaban J connectivity index is 1.51. The third-order valence-corrected chi connectivity index (χ3v) is 11.6. The summed E-state index contributed by atoms with van der Waals surface area (Å²) in [4.78, 5) is 52.0. The first-order chi connectivity index (χ1) is 25.9. The molecule has 1 fully saturated rings. The van der Waals surface area contributed by atoms with E-state index < -0.39 is 11.9 Å². The van der Waals surface area contributed by atoms with E-state index in [2.05, 4.69) is 86.6 Å². The van der Waals surface area contributed by atoms with Gasteiger partial charge in [-0.1, -0.05) is 51.8 Å². The fraction of sp³-hybridized carbons (Fsp3) is 0.432. The van der Waals surface area contributed by atoms with Gasteiger partial charge in [-0.3, -0.25) is 20.1 Å². The molecule has 0 spiro atoms. The second-order valence-corrected chi connectivity index (χ2v) is 14.9. The number of ether oxygens (including phenoxy) is 2. The van der Waals surface area contributed by atoms with Gasteiger partial charge in [-0.05, 0) is 99.9 Å². The van der Waals surface area contributed by atoms with Crippen molar-refractivity contribution in [3.63, 3.8) is 0 Å². The van der Waals surface area contributed by atoms with Gasteiger partial charge in [-0.2, -0.15) is 0 Å². The molecule has 2 aliphatic heterocycles. The van der Waals surface area contributed by atoms with E-state index in [-0.39, 0.29) is 43.3 Å². The van der Waals surface area contributed by atoms with Gasteiger partial charge in [0.2, 0.25) is 0 Å². The highest BCUT2D eigenvalue weighted by Gasteiger charge is 2.48. The molecule has 8 bridgehead atoms. The van der Waals surface area contributed by atoms with Crippen LogP contribution in [0.25, 0.3) is 29.9 Å². The van der Waals surface area contributed by atoms with Crippen molar-refractivity contribution in [1.29, 1.82) is 0 Å². The van der Waals surface area contributed by atoms with Crippen LogP contribution < -0.4 is 21.7 Å². The number of Topliss-reactive ketones (excluding diaryl/α,β-unsaturated/α-hetero) is 1. The van der Waals surface area contributed by atoms with Gasteiger partial charge in [-0.15, -0.1) is 0 Å². The van der Waals surface area contributed by atoms with Gasteiger partial charge in [0.05, 0.1) is 5.69 Å². The molecule has 0 radical (unpaired) electrons. The molecule has 3 aromatic heterocycles. The highest BCUT2D eigenvalue weighted by Crippen LogP contribution is 2.48. The van der Waals surface area contributed by atoms with Gasteiger partial charge in [0.1, 0.15) is 19.3 Å². The zero-order valence-corrected chi connectivity index (χ0v) is 32.8. The SMILES string of the molecule is C=Cc1c2[nH]c(c1C)/C=C1\N/C(=C3\c4[nH]c(c(C)c4C(=O)[C@@H]3C(=O)OCN)/C=c3\[nH]/c(c(C)c3CC)=C\2)[C@@H](CCC(=O)OC/C=C(\C)CCCCC)[C@@H]1C. The first-order valence-electron chi connectivity index (χ1n) is 19.4. The number of nitrogens with one attached hydrogen (secondary N) is 4. The lowest BCUT2D eigenvalue weighted by molar-refractivity contribution is -0.145. The van der Waals surface area contributed by atoms with Crippen LogP contribution in [0.5, 0.6) is 0 Å². The molecule has 3 aliphatic rings. The number of ketones is 1. The molecule has 0 unspecified atom stereocenters. The van der Waals surface area contributed by atoms with Gasteiger partial charge in [-0.25, -0.2) is 0 Å². The van der Waals surface area contributed by atoms with Crippen LogP contribution in [0.1, 0.15) is 127 Å². The summed E-state index contributed by atoms with van der Waals surface area (Å²) in [6, 6.07) is 0. The van der Waals surface area contributed by atoms with Crippen LogP contribution in [0.15, 0.2) is 29.6 Å². The van der Waals surface area contributed by atoms with Crippen molar-refractivity contribution >= 4 is 47.6 Å². The summed E-state index contributed by atoms with van der Waals surface area (Å²) < 4.78 is 11.0. The lowest BCUT2D eigenvalue weighted by Gasteiger charge is -2.20. The average Bonchev–Trinajstić information content (AvgIpc) is 3.88. The molecule has 5 heterocycles. The predicted octanol–water partition coefficient (Wildman–Crippen LogP) is 6.50. The number of esters is 2. The van der Waals surface area contributed by atoms with Gasteiger partial charge in [0.15, 0.2) is 5.78 Å². The molecule has 1 aliphatic carbocycles. The van der Waals surface area contributed by atoms with E-state index in [0.717, 1.165) is 81.4 Å². The molecule has 3 atom stereocenters. The minimum atomic E-state index is -1.21. The molecule has 3 aromatic rings. The smallest absolute Gasteiger partial charge is 0.322 e. The van der Waals surface area contributed by atoms with Crippen LogP contribution in [-0.4, -0.2) is 46.0 Å². The van der Waals surface area contributed by atoms with Crippen LogP contribution in [0, 0.1) is 38.5 Å². The normalized spacial score (nSPS) is 22.5. The molecule has 0 saturated carbocycles. The highest BCUT2D eigenvalue weighted by molar-refractivity contribution is 6.24. The van der Waals surface area contributed by atoms with Crippen molar-refractivity contribution in [1.82, 2.24) is 20.3 Å². The predicted molar refractivity (Wildman–Crippen MR) is 214 cm³/mol. The number of hydrogen-bond donors (Lipinski definition) is 5. The molecule has 1 saturated heterocycles. The molecular weight excluding hydrogens is 679 g/mol. The zero-order valence-electron chi connectivity index (χ0n) is 32.8. The summed E-state index contributed by atoms with van der Waals surface area (Å²) in [5.74, 6) is -2.89. The molecule has 0 aromatic carbocycles. The minimum Gasteiger partial charge on any atom is -0.461 e. The lowest BCUT2D eigenvalue weighted by Crippen LogP contribution is -2.27. The fourth-order valence-electron chi connectivity index (χ4n) is 8.42. The Labute approximate surface area is 317 Å². The summed E-state index contributed by atoms with van der Waals surface area (Å²) >= 11 is 0. The molecule has 10 heteroatoms. The maximum absolute atomic E-state index is 14.4. The van der Waals surface area contributed by atoms with E-state index >= 15 is 0 Å². The van der Waals surface area contributed by atoms with Crippen LogP contribution in [0.2, 0.25) is 0 Å². The van der Waals surface area contributed by atoms with Gasteiger partial charge in [0, 0.05) is 74.1 Å². The zero-order chi connectivity index (χ0) is 38.8. The third-order valence-electron chi connectivity index (χ3n) is 11.6. The Hall–Kier alpha value is -5.09. The second-order valence-electron chi connectivity index (χ2n) is 14.9. The van der Waals surface area contributed by atoms with E-state index in [1.54, 1.807) is 0 Å². The molecule has 6 rings (SSSR count). The summed E-state index contributed by atoms with van der Waals surface area (Å²) in [5.41, 5.74) is 17.8. The van der Waals surface area contributed by atoms with Gasteiger partial charge in [0.25, 0.3) is 0 Å². The summed E-state index contributed by atoms with van der Waals surface area (Å²) in [7, 11) is 0. The Bertz CT molecular complexity index is 2220. The Morgan fingerprint density at radius 1 is 0.926 bits per heavy atom. The Kier molecular flexibility index (Phi) is 11.5. The molecule has 10 nitrogen and oxygen atoms in total. The van der Waals surface area contributed by atoms with E-state index in [9.17, 15) is 14.4 Å². The topological polar surface area (TPSA) is 155 Å². The third kappa shape index (κ3) is 7.11. The molecule has 54 heavy (non-hydrogen) atoms. The number of carbonyl (C=O) groups excluding carboxylic acids is 3. The van der Waals surface area contributed by atoms with Crippen LogP contribution >= 0.6 is 0 Å². The largest absolute Gasteiger partial charge is 0.461 e.